The van der Waals surface area contributed by atoms with Gasteiger partial charge in [0.05, 0.1) is 28.0 Å². The fourth-order valence-corrected chi connectivity index (χ4v) is 6.76. The molecule has 2 aromatic heterocycles. The molecule has 0 aliphatic carbocycles. The molecule has 9 rings (SSSR count). The second-order valence-corrected chi connectivity index (χ2v) is 11.6. The lowest BCUT2D eigenvalue weighted by Gasteiger charge is -2.27. The summed E-state index contributed by atoms with van der Waals surface area (Å²) in [7, 11) is 0. The van der Waals surface area contributed by atoms with Gasteiger partial charge in [-0.1, -0.05) is 127 Å². The van der Waals surface area contributed by atoms with Crippen LogP contribution in [0.15, 0.2) is 168 Å². The van der Waals surface area contributed by atoms with Crippen molar-refractivity contribution in [3.05, 3.63) is 169 Å². The molecule has 1 unspecified atom stereocenters. The minimum Gasteiger partial charge on any atom is -0.455 e. The molecule has 0 bridgehead atoms. The van der Waals surface area contributed by atoms with E-state index in [0.29, 0.717) is 0 Å². The van der Waals surface area contributed by atoms with Gasteiger partial charge in [-0.25, -0.2) is 4.98 Å². The highest BCUT2D eigenvalue weighted by Crippen LogP contribution is 2.48. The molecule has 8 aromatic rings. The van der Waals surface area contributed by atoms with Gasteiger partial charge < -0.3 is 14.6 Å². The Balaban J connectivity index is 1.25. The number of hydrogen-bond acceptors (Lipinski definition) is 4. The molecule has 46 heavy (non-hydrogen) atoms. The van der Waals surface area contributed by atoms with Crippen LogP contribution >= 0.6 is 0 Å². The van der Waals surface area contributed by atoms with Crippen molar-refractivity contribution >= 4 is 38.9 Å². The molecular formula is C42H29N3O. The predicted octanol–water partition coefficient (Wildman–Crippen LogP) is 11.2. The first-order valence-corrected chi connectivity index (χ1v) is 15.6. The van der Waals surface area contributed by atoms with Crippen LogP contribution in [0.2, 0.25) is 0 Å². The molecule has 4 nitrogen and oxygen atoms in total. The lowest BCUT2D eigenvalue weighted by atomic mass is 9.94. The van der Waals surface area contributed by atoms with Gasteiger partial charge in [0.2, 0.25) is 0 Å². The summed E-state index contributed by atoms with van der Waals surface area (Å²) >= 11 is 0. The fourth-order valence-electron chi connectivity index (χ4n) is 6.76. The van der Waals surface area contributed by atoms with Crippen LogP contribution in [0.1, 0.15) is 11.7 Å². The van der Waals surface area contributed by atoms with Crippen molar-refractivity contribution in [3.8, 4) is 33.7 Å². The summed E-state index contributed by atoms with van der Waals surface area (Å²) in [6, 6.07) is 57.1. The lowest BCUT2D eigenvalue weighted by molar-refractivity contribution is 0.636. The van der Waals surface area contributed by atoms with Crippen molar-refractivity contribution in [2.45, 2.75) is 6.17 Å². The zero-order chi connectivity index (χ0) is 30.5. The molecule has 0 amide bonds. The molecule has 4 heteroatoms. The fraction of sp³-hybridized carbons (Fsp3) is 0.0238. The van der Waals surface area contributed by atoms with Crippen molar-refractivity contribution in [1.29, 1.82) is 0 Å². The molecule has 0 fully saturated rings. The molecule has 218 valence electrons. The van der Waals surface area contributed by atoms with E-state index in [1.165, 1.54) is 11.3 Å². The van der Waals surface area contributed by atoms with Gasteiger partial charge in [0.1, 0.15) is 17.5 Å². The summed E-state index contributed by atoms with van der Waals surface area (Å²) in [6.45, 7) is 0. The van der Waals surface area contributed by atoms with Gasteiger partial charge in [0.15, 0.2) is 0 Å². The molecule has 0 radical (unpaired) electrons. The molecule has 0 saturated carbocycles. The number of anilines is 3. The maximum atomic E-state index is 6.90. The Bertz CT molecular complexity index is 2330. The van der Waals surface area contributed by atoms with Gasteiger partial charge in [-0.3, -0.25) is 0 Å². The summed E-state index contributed by atoms with van der Waals surface area (Å²) in [5, 5.41) is 5.79. The number of hydrogen-bond donors (Lipinski definition) is 1. The molecular weight excluding hydrogens is 562 g/mol. The van der Waals surface area contributed by atoms with Crippen molar-refractivity contribution in [2.24, 2.45) is 0 Å². The maximum absolute atomic E-state index is 6.90. The smallest absolute Gasteiger partial charge is 0.147 e. The standard InChI is InChI=1S/C42H29N3O/c1-4-14-29(15-5-1)39-38-37(40(30-16-6-2-7-17-30)46-41(38)33-20-10-11-21-34(33)43-39)28-24-26-31(27-25-28)42-44-35-22-12-13-23-36(35)45(42)32-18-8-3-9-19-32/h1-27,42,44H. The highest BCUT2D eigenvalue weighted by molar-refractivity contribution is 6.16. The third kappa shape index (κ3) is 4.26. The Morgan fingerprint density at radius 1 is 0.565 bits per heavy atom. The van der Waals surface area contributed by atoms with Crippen LogP contribution in [0, 0.1) is 0 Å². The first-order chi connectivity index (χ1) is 22.8. The molecule has 1 aliphatic heterocycles. The first kappa shape index (κ1) is 26.3. The second kappa shape index (κ2) is 10.8. The van der Waals surface area contributed by atoms with Crippen molar-refractivity contribution in [1.82, 2.24) is 4.98 Å². The molecule has 0 spiro atoms. The molecule has 1 aliphatic rings. The number of pyridine rings is 1. The van der Waals surface area contributed by atoms with Crippen molar-refractivity contribution < 1.29 is 4.42 Å². The van der Waals surface area contributed by atoms with Crippen molar-refractivity contribution in [2.75, 3.05) is 10.2 Å². The van der Waals surface area contributed by atoms with E-state index < -0.39 is 0 Å². The van der Waals surface area contributed by atoms with E-state index >= 15 is 0 Å². The van der Waals surface area contributed by atoms with Crippen LogP contribution in [0.5, 0.6) is 0 Å². The number of fused-ring (bicyclic) bond motifs is 4. The van der Waals surface area contributed by atoms with Crippen LogP contribution in [0.4, 0.5) is 17.1 Å². The maximum Gasteiger partial charge on any atom is 0.147 e. The Morgan fingerprint density at radius 2 is 1.20 bits per heavy atom. The summed E-state index contributed by atoms with van der Waals surface area (Å²) in [5.41, 5.74) is 11.5. The second-order valence-electron chi connectivity index (χ2n) is 11.6. The normalized spacial score (nSPS) is 14.0. The molecule has 1 atom stereocenters. The summed E-state index contributed by atoms with van der Waals surface area (Å²) in [4.78, 5) is 7.61. The van der Waals surface area contributed by atoms with E-state index in [-0.39, 0.29) is 6.17 Å². The third-order valence-corrected chi connectivity index (χ3v) is 8.87. The van der Waals surface area contributed by atoms with Gasteiger partial charge >= 0.3 is 0 Å². The zero-order valence-electron chi connectivity index (χ0n) is 25.0. The predicted molar refractivity (Wildman–Crippen MR) is 189 cm³/mol. The first-order valence-electron chi connectivity index (χ1n) is 15.6. The third-order valence-electron chi connectivity index (χ3n) is 8.87. The zero-order valence-corrected chi connectivity index (χ0v) is 25.0. The molecule has 1 N–H and O–H groups in total. The SMILES string of the molecule is c1ccc(-c2oc3c(c(-c4ccccc4)nc4ccccc43)c2-c2ccc(C3Nc4ccccc4N3c3ccccc3)cc2)cc1. The molecule has 6 aromatic carbocycles. The van der Waals surface area contributed by atoms with Gasteiger partial charge in [-0.15, -0.1) is 0 Å². The Morgan fingerprint density at radius 3 is 1.96 bits per heavy atom. The topological polar surface area (TPSA) is 41.3 Å². The van der Waals surface area contributed by atoms with Gasteiger partial charge in [-0.05, 0) is 47.5 Å². The van der Waals surface area contributed by atoms with E-state index in [2.05, 4.69) is 156 Å². The van der Waals surface area contributed by atoms with Gasteiger partial charge in [0.25, 0.3) is 0 Å². The summed E-state index contributed by atoms with van der Waals surface area (Å²) in [5.74, 6) is 0.844. The summed E-state index contributed by atoms with van der Waals surface area (Å²) in [6.07, 6.45) is -0.0472. The Kier molecular flexibility index (Phi) is 6.17. The Labute approximate surface area is 267 Å². The minimum absolute atomic E-state index is 0.0472. The van der Waals surface area contributed by atoms with E-state index in [1.807, 2.05) is 18.2 Å². The molecule has 0 saturated heterocycles. The van der Waals surface area contributed by atoms with Crippen LogP contribution in [0.3, 0.4) is 0 Å². The van der Waals surface area contributed by atoms with Crippen LogP contribution < -0.4 is 10.2 Å². The number of nitrogens with zero attached hydrogens (tertiary/aromatic N) is 2. The monoisotopic (exact) mass is 591 g/mol. The van der Waals surface area contributed by atoms with E-state index in [4.69, 9.17) is 9.40 Å². The molecule has 3 heterocycles. The highest BCUT2D eigenvalue weighted by Gasteiger charge is 2.31. The van der Waals surface area contributed by atoms with Gasteiger partial charge in [-0.2, -0.15) is 0 Å². The minimum atomic E-state index is -0.0472. The quantitative estimate of drug-likeness (QED) is 0.216. The van der Waals surface area contributed by atoms with Crippen LogP contribution in [-0.2, 0) is 0 Å². The average Bonchev–Trinajstić information content (AvgIpc) is 3.73. The van der Waals surface area contributed by atoms with Crippen molar-refractivity contribution in [3.63, 3.8) is 0 Å². The summed E-state index contributed by atoms with van der Waals surface area (Å²) < 4.78 is 6.90. The number of para-hydroxylation sites is 4. The van der Waals surface area contributed by atoms with Crippen LogP contribution in [-0.4, -0.2) is 4.98 Å². The van der Waals surface area contributed by atoms with Crippen LogP contribution in [0.25, 0.3) is 55.6 Å². The van der Waals surface area contributed by atoms with E-state index in [1.54, 1.807) is 0 Å². The number of benzene rings is 6. The largest absolute Gasteiger partial charge is 0.455 e. The van der Waals surface area contributed by atoms with Gasteiger partial charge in [0, 0.05) is 27.8 Å². The lowest BCUT2D eigenvalue weighted by Crippen LogP contribution is -2.23. The highest BCUT2D eigenvalue weighted by atomic mass is 16.3. The van der Waals surface area contributed by atoms with E-state index in [9.17, 15) is 0 Å². The number of nitrogens with one attached hydrogen (secondary N) is 1. The number of aromatic nitrogens is 1. The average molecular weight is 592 g/mol. The van der Waals surface area contributed by atoms with E-state index in [0.717, 1.165) is 67.0 Å². The number of rotatable bonds is 5. The Hall–Kier alpha value is -6.13. The number of furan rings is 1.